The first kappa shape index (κ1) is 21.1. The lowest BCUT2D eigenvalue weighted by molar-refractivity contribution is -0.127. The molecule has 3 atom stereocenters. The van der Waals surface area contributed by atoms with E-state index in [0.29, 0.717) is 18.4 Å². The highest BCUT2D eigenvalue weighted by Crippen LogP contribution is 2.51. The summed E-state index contributed by atoms with van der Waals surface area (Å²) in [6, 6.07) is 1.85. The highest BCUT2D eigenvalue weighted by molar-refractivity contribution is 6.21. The lowest BCUT2D eigenvalue weighted by atomic mass is 9.61. The van der Waals surface area contributed by atoms with Crippen molar-refractivity contribution in [3.05, 3.63) is 45.2 Å². The van der Waals surface area contributed by atoms with Crippen molar-refractivity contribution < 1.29 is 29.7 Å². The van der Waals surface area contributed by atoms with Crippen molar-refractivity contribution in [1.29, 1.82) is 0 Å². The predicted octanol–water partition coefficient (Wildman–Crippen LogP) is 1.72. The third kappa shape index (κ3) is 3.05. The summed E-state index contributed by atoms with van der Waals surface area (Å²) < 4.78 is 0. The van der Waals surface area contributed by atoms with E-state index in [1.807, 2.05) is 13.0 Å². The largest absolute Gasteiger partial charge is 0.511 e. The van der Waals surface area contributed by atoms with Crippen LogP contribution >= 0.6 is 0 Å². The van der Waals surface area contributed by atoms with Crippen LogP contribution in [-0.4, -0.2) is 32.8 Å². The van der Waals surface area contributed by atoms with Crippen molar-refractivity contribution in [2.45, 2.75) is 45.6 Å². The van der Waals surface area contributed by atoms with Gasteiger partial charge in [-0.1, -0.05) is 19.4 Å². The number of fused-ring (bicyclic) bond motifs is 3. The van der Waals surface area contributed by atoms with Crippen LogP contribution in [0, 0.1) is 17.8 Å². The lowest BCUT2D eigenvalue weighted by Crippen LogP contribution is -2.44. The van der Waals surface area contributed by atoms with Gasteiger partial charge in [-0.05, 0) is 42.2 Å². The maximum Gasteiger partial charge on any atom is 0.255 e. The molecular formula is C23H26N2O6. The van der Waals surface area contributed by atoms with Crippen LogP contribution in [0.5, 0.6) is 5.75 Å². The van der Waals surface area contributed by atoms with Gasteiger partial charge >= 0.3 is 0 Å². The maximum atomic E-state index is 13.4. The average Bonchev–Trinajstić information content (AvgIpc) is 2.69. The Balaban J connectivity index is 1.90. The number of aromatic hydroxyl groups is 1. The Morgan fingerprint density at radius 3 is 2.48 bits per heavy atom. The zero-order valence-electron chi connectivity index (χ0n) is 17.3. The van der Waals surface area contributed by atoms with Crippen molar-refractivity contribution in [3.63, 3.8) is 0 Å². The highest BCUT2D eigenvalue weighted by Gasteiger charge is 2.51. The van der Waals surface area contributed by atoms with E-state index in [4.69, 9.17) is 11.5 Å². The Labute approximate surface area is 179 Å². The number of hydrogen-bond donors (Lipinski definition) is 5. The highest BCUT2D eigenvalue weighted by atomic mass is 16.3. The molecule has 1 saturated carbocycles. The summed E-state index contributed by atoms with van der Waals surface area (Å²) >= 11 is 0. The Bertz CT molecular complexity index is 1080. The number of amides is 1. The number of primary amides is 1. The summed E-state index contributed by atoms with van der Waals surface area (Å²) in [6.07, 6.45) is 2.35. The Morgan fingerprint density at radius 1 is 1.16 bits per heavy atom. The molecule has 0 aliphatic heterocycles. The molecule has 4 rings (SSSR count). The van der Waals surface area contributed by atoms with E-state index in [1.54, 1.807) is 0 Å². The van der Waals surface area contributed by atoms with E-state index >= 15 is 0 Å². The van der Waals surface area contributed by atoms with Crippen LogP contribution in [-0.2, 0) is 33.8 Å². The number of aliphatic hydroxyl groups excluding tert-OH is 2. The Morgan fingerprint density at radius 2 is 1.87 bits per heavy atom. The SMILES string of the molecule is CCCc1cc(CN)c(O)c2c1C[C@H]1C[C@H]3CC(=O)C(C(N)=O)=C(O)C3C(=O)C1=C2O. The van der Waals surface area contributed by atoms with Gasteiger partial charge in [-0.25, -0.2) is 0 Å². The number of carbonyl (C=O) groups is 3. The Hall–Kier alpha value is -3.13. The molecule has 0 aromatic heterocycles. The molecule has 0 bridgehead atoms. The average molecular weight is 426 g/mol. The first-order valence-corrected chi connectivity index (χ1v) is 10.5. The monoisotopic (exact) mass is 426 g/mol. The molecule has 164 valence electrons. The summed E-state index contributed by atoms with van der Waals surface area (Å²) in [5.41, 5.74) is 13.0. The summed E-state index contributed by atoms with van der Waals surface area (Å²) in [4.78, 5) is 37.4. The van der Waals surface area contributed by atoms with Gasteiger partial charge in [0, 0.05) is 24.1 Å². The van der Waals surface area contributed by atoms with E-state index in [1.165, 1.54) is 0 Å². The van der Waals surface area contributed by atoms with Gasteiger partial charge in [-0.3, -0.25) is 14.4 Å². The van der Waals surface area contributed by atoms with E-state index in [9.17, 15) is 29.7 Å². The van der Waals surface area contributed by atoms with Crippen molar-refractivity contribution >= 4 is 23.2 Å². The van der Waals surface area contributed by atoms with Crippen molar-refractivity contribution in [2.24, 2.45) is 29.2 Å². The van der Waals surface area contributed by atoms with Crippen molar-refractivity contribution in [2.75, 3.05) is 0 Å². The van der Waals surface area contributed by atoms with E-state index in [2.05, 4.69) is 0 Å². The molecule has 1 aromatic carbocycles. The van der Waals surface area contributed by atoms with E-state index in [0.717, 1.165) is 24.0 Å². The number of hydrogen-bond acceptors (Lipinski definition) is 7. The smallest absolute Gasteiger partial charge is 0.255 e. The summed E-state index contributed by atoms with van der Waals surface area (Å²) in [7, 11) is 0. The van der Waals surface area contributed by atoms with Crippen molar-refractivity contribution in [1.82, 2.24) is 0 Å². The molecule has 1 aromatic rings. The second-order valence-corrected chi connectivity index (χ2v) is 8.60. The molecule has 31 heavy (non-hydrogen) atoms. The van der Waals surface area contributed by atoms with Gasteiger partial charge in [0.2, 0.25) is 0 Å². The number of aryl methyl sites for hydroxylation is 1. The van der Waals surface area contributed by atoms with Crippen LogP contribution < -0.4 is 11.5 Å². The fourth-order valence-corrected chi connectivity index (χ4v) is 5.50. The number of rotatable bonds is 4. The number of benzene rings is 1. The minimum absolute atomic E-state index is 0.0602. The molecule has 8 nitrogen and oxygen atoms in total. The first-order chi connectivity index (χ1) is 14.7. The third-order valence-electron chi connectivity index (χ3n) is 6.80. The molecule has 8 heteroatoms. The number of phenols is 1. The van der Waals surface area contributed by atoms with Crippen molar-refractivity contribution in [3.8, 4) is 5.75 Å². The van der Waals surface area contributed by atoms with Gasteiger partial charge < -0.3 is 26.8 Å². The lowest BCUT2D eigenvalue weighted by Gasteiger charge is -2.41. The van der Waals surface area contributed by atoms with Gasteiger partial charge in [0.15, 0.2) is 11.6 Å². The van der Waals surface area contributed by atoms with Crippen LogP contribution in [0.15, 0.2) is 23.0 Å². The van der Waals surface area contributed by atoms with Gasteiger partial charge in [-0.15, -0.1) is 0 Å². The number of nitrogens with two attached hydrogens (primary N) is 2. The van der Waals surface area contributed by atoms with Gasteiger partial charge in [0.25, 0.3) is 5.91 Å². The molecule has 0 radical (unpaired) electrons. The number of phenolic OH excluding ortho intramolecular Hbond substituents is 1. The summed E-state index contributed by atoms with van der Waals surface area (Å²) in [5, 5.41) is 32.4. The van der Waals surface area contributed by atoms with E-state index < -0.39 is 40.6 Å². The second kappa shape index (κ2) is 7.53. The number of carbonyl (C=O) groups excluding carboxylic acids is 3. The number of aliphatic hydroxyl groups is 2. The van der Waals surface area contributed by atoms with Gasteiger partial charge in [-0.2, -0.15) is 0 Å². The van der Waals surface area contributed by atoms with Crippen LogP contribution in [0.2, 0.25) is 0 Å². The molecule has 3 aliphatic rings. The zero-order valence-corrected chi connectivity index (χ0v) is 17.3. The molecule has 0 spiro atoms. The number of ketones is 2. The van der Waals surface area contributed by atoms with Gasteiger partial charge in [0.05, 0.1) is 11.5 Å². The molecule has 1 fully saturated rings. The quantitative estimate of drug-likeness (QED) is 0.457. The molecule has 1 unspecified atom stereocenters. The molecule has 0 heterocycles. The van der Waals surface area contributed by atoms with Crippen LogP contribution in [0.3, 0.4) is 0 Å². The maximum absolute atomic E-state index is 13.4. The molecule has 7 N–H and O–H groups in total. The fourth-order valence-electron chi connectivity index (χ4n) is 5.50. The molecule has 0 saturated heterocycles. The zero-order chi connectivity index (χ0) is 22.6. The molecule has 1 amide bonds. The van der Waals surface area contributed by atoms with E-state index in [-0.39, 0.29) is 41.5 Å². The van der Waals surface area contributed by atoms with Crippen LogP contribution in [0.25, 0.3) is 5.76 Å². The van der Waals surface area contributed by atoms with Crippen LogP contribution in [0.4, 0.5) is 0 Å². The Kier molecular flexibility index (Phi) is 5.13. The second-order valence-electron chi connectivity index (χ2n) is 8.60. The predicted molar refractivity (Wildman–Crippen MR) is 112 cm³/mol. The number of Topliss-reactive ketones (excluding diaryl/α,β-unsaturated/α-hetero) is 2. The minimum atomic E-state index is -1.11. The molecule has 3 aliphatic carbocycles. The summed E-state index contributed by atoms with van der Waals surface area (Å²) in [5.74, 6) is -5.19. The first-order valence-electron chi connectivity index (χ1n) is 10.5. The third-order valence-corrected chi connectivity index (χ3v) is 6.80. The fraction of sp³-hybridized carbons (Fsp3) is 0.435. The normalized spacial score (nSPS) is 25.3. The molecular weight excluding hydrogens is 400 g/mol. The summed E-state index contributed by atoms with van der Waals surface area (Å²) in [6.45, 7) is 2.10. The van der Waals surface area contributed by atoms with Gasteiger partial charge in [0.1, 0.15) is 22.8 Å². The topological polar surface area (TPSA) is 164 Å². The van der Waals surface area contributed by atoms with Crippen LogP contribution in [0.1, 0.15) is 48.4 Å². The minimum Gasteiger partial charge on any atom is -0.511 e. The number of allylic oxidation sites excluding steroid dienone is 2. The standard InChI is InChI=1S/C23H26N2O6/c1-2-3-9-4-12(8-24)19(27)17-13(9)6-10-5-11-7-14(26)18(23(25)31)22(30)16(11)20(28)15(10)21(17)29/h4,10-11,16,27,29-30H,2-3,5-8,24H2,1H3,(H2,25,31)/t10-,11+,16?/m1/s1.